The van der Waals surface area contributed by atoms with E-state index < -0.39 is 0 Å². The zero-order valence-corrected chi connectivity index (χ0v) is 10.2. The maximum Gasteiger partial charge on any atom is 0.165 e. The summed E-state index contributed by atoms with van der Waals surface area (Å²) in [5, 5.41) is 15.4. The average molecular weight is 237 g/mol. The van der Waals surface area contributed by atoms with Gasteiger partial charge in [-0.25, -0.2) is 4.68 Å². The zero-order chi connectivity index (χ0) is 11.7. The molecule has 0 amide bonds. The first-order chi connectivity index (χ1) is 8.34. The molecule has 6 nitrogen and oxygen atoms in total. The summed E-state index contributed by atoms with van der Waals surface area (Å²) in [5.74, 6) is 0.917. The van der Waals surface area contributed by atoms with Gasteiger partial charge in [0.15, 0.2) is 5.82 Å². The molecule has 0 aromatic carbocycles. The van der Waals surface area contributed by atoms with Gasteiger partial charge in [0.1, 0.15) is 0 Å². The molecule has 2 heterocycles. The van der Waals surface area contributed by atoms with E-state index in [-0.39, 0.29) is 12.1 Å². The molecule has 1 aromatic rings. The lowest BCUT2D eigenvalue weighted by Crippen LogP contribution is -2.26. The van der Waals surface area contributed by atoms with E-state index in [0.29, 0.717) is 6.04 Å². The van der Waals surface area contributed by atoms with Crippen LogP contribution in [0.1, 0.15) is 44.5 Å². The fourth-order valence-electron chi connectivity index (χ4n) is 2.31. The Morgan fingerprint density at radius 3 is 3.06 bits per heavy atom. The summed E-state index contributed by atoms with van der Waals surface area (Å²) in [6.45, 7) is 3.76. The van der Waals surface area contributed by atoms with Crippen molar-refractivity contribution in [3.8, 4) is 0 Å². The van der Waals surface area contributed by atoms with Gasteiger partial charge in [-0.3, -0.25) is 0 Å². The number of aromatic nitrogens is 4. The Labute approximate surface area is 101 Å². The summed E-state index contributed by atoms with van der Waals surface area (Å²) in [4.78, 5) is 0. The topological polar surface area (TPSA) is 64.9 Å². The molecule has 2 unspecified atom stereocenters. The second-order valence-electron chi connectivity index (χ2n) is 4.99. The van der Waals surface area contributed by atoms with Crippen LogP contribution >= 0.6 is 0 Å². The van der Waals surface area contributed by atoms with E-state index in [0.717, 1.165) is 31.8 Å². The molecule has 1 saturated carbocycles. The number of hydrogen-bond acceptors (Lipinski definition) is 5. The third-order valence-electron chi connectivity index (χ3n) is 3.58. The molecule has 0 bridgehead atoms. The van der Waals surface area contributed by atoms with Crippen molar-refractivity contribution < 1.29 is 4.74 Å². The van der Waals surface area contributed by atoms with Crippen LogP contribution in [0, 0.1) is 0 Å². The van der Waals surface area contributed by atoms with Crippen molar-refractivity contribution in [2.24, 2.45) is 0 Å². The van der Waals surface area contributed by atoms with Crippen LogP contribution in [-0.2, 0) is 11.3 Å². The lowest BCUT2D eigenvalue weighted by Gasteiger charge is -2.19. The van der Waals surface area contributed by atoms with Gasteiger partial charge < -0.3 is 10.1 Å². The molecule has 0 radical (unpaired) electrons. The lowest BCUT2D eigenvalue weighted by molar-refractivity contribution is 0.0672. The Morgan fingerprint density at radius 2 is 2.35 bits per heavy atom. The molecule has 2 fully saturated rings. The summed E-state index contributed by atoms with van der Waals surface area (Å²) in [5.41, 5.74) is 0. The quantitative estimate of drug-likeness (QED) is 0.815. The number of tetrazole rings is 1. The maximum atomic E-state index is 5.69. The Bertz CT molecular complexity index is 370. The van der Waals surface area contributed by atoms with E-state index in [4.69, 9.17) is 4.74 Å². The molecular weight excluding hydrogens is 218 g/mol. The normalized spacial score (nSPS) is 26.3. The minimum atomic E-state index is 0.225. The lowest BCUT2D eigenvalue weighted by atomic mass is 10.1. The van der Waals surface area contributed by atoms with Crippen molar-refractivity contribution in [2.45, 2.75) is 57.3 Å². The predicted molar refractivity (Wildman–Crippen MR) is 61.4 cm³/mol. The molecular formula is C11H19N5O. The largest absolute Gasteiger partial charge is 0.376 e. The molecule has 1 aliphatic carbocycles. The van der Waals surface area contributed by atoms with Crippen molar-refractivity contribution in [3.05, 3.63) is 5.82 Å². The van der Waals surface area contributed by atoms with Gasteiger partial charge in [-0.05, 0) is 43.0 Å². The minimum Gasteiger partial charge on any atom is -0.376 e. The van der Waals surface area contributed by atoms with Crippen LogP contribution in [0.2, 0.25) is 0 Å². The molecule has 1 aliphatic heterocycles. The Kier molecular flexibility index (Phi) is 3.07. The van der Waals surface area contributed by atoms with Gasteiger partial charge in [0, 0.05) is 12.6 Å². The molecule has 94 valence electrons. The number of ether oxygens (including phenoxy) is 1. The maximum absolute atomic E-state index is 5.69. The fourth-order valence-corrected chi connectivity index (χ4v) is 2.31. The van der Waals surface area contributed by atoms with Gasteiger partial charge in [-0.15, -0.1) is 5.10 Å². The highest BCUT2D eigenvalue weighted by Crippen LogP contribution is 2.24. The summed E-state index contributed by atoms with van der Waals surface area (Å²) >= 11 is 0. The summed E-state index contributed by atoms with van der Waals surface area (Å²) < 4.78 is 7.60. The van der Waals surface area contributed by atoms with Crippen LogP contribution in [0.3, 0.4) is 0 Å². The first-order valence-corrected chi connectivity index (χ1v) is 6.46. The van der Waals surface area contributed by atoms with Crippen LogP contribution in [0.4, 0.5) is 0 Å². The Morgan fingerprint density at radius 1 is 1.47 bits per heavy atom. The predicted octanol–water partition coefficient (Wildman–Crippen LogP) is 0.665. The fraction of sp³-hybridized carbons (Fsp3) is 0.909. The van der Waals surface area contributed by atoms with E-state index in [1.54, 1.807) is 0 Å². The molecule has 2 aliphatic rings. The second-order valence-corrected chi connectivity index (χ2v) is 4.99. The van der Waals surface area contributed by atoms with Gasteiger partial charge in [0.2, 0.25) is 0 Å². The van der Waals surface area contributed by atoms with E-state index >= 15 is 0 Å². The van der Waals surface area contributed by atoms with Crippen LogP contribution < -0.4 is 5.32 Å². The monoisotopic (exact) mass is 237 g/mol. The molecule has 2 atom stereocenters. The zero-order valence-electron chi connectivity index (χ0n) is 10.2. The van der Waals surface area contributed by atoms with Crippen molar-refractivity contribution in [1.82, 2.24) is 25.5 Å². The van der Waals surface area contributed by atoms with Crippen LogP contribution in [0.25, 0.3) is 0 Å². The highest BCUT2D eigenvalue weighted by atomic mass is 16.5. The molecule has 1 N–H and O–H groups in total. The summed E-state index contributed by atoms with van der Waals surface area (Å²) in [6.07, 6.45) is 5.08. The second kappa shape index (κ2) is 4.70. The molecule has 6 heteroatoms. The van der Waals surface area contributed by atoms with E-state index in [9.17, 15) is 0 Å². The molecule has 1 saturated heterocycles. The molecule has 17 heavy (non-hydrogen) atoms. The first-order valence-electron chi connectivity index (χ1n) is 6.46. The highest BCUT2D eigenvalue weighted by molar-refractivity contribution is 4.90. The van der Waals surface area contributed by atoms with Crippen molar-refractivity contribution >= 4 is 0 Å². The number of hydrogen-bond donors (Lipinski definition) is 1. The first kappa shape index (κ1) is 11.1. The SMILES string of the molecule is CC(C1CCCO1)n1nnnc1CNC1CC1. The van der Waals surface area contributed by atoms with Gasteiger partial charge >= 0.3 is 0 Å². The number of rotatable bonds is 5. The number of nitrogens with one attached hydrogen (secondary N) is 1. The highest BCUT2D eigenvalue weighted by Gasteiger charge is 2.27. The summed E-state index contributed by atoms with van der Waals surface area (Å²) in [7, 11) is 0. The van der Waals surface area contributed by atoms with Crippen LogP contribution in [0.5, 0.6) is 0 Å². The van der Waals surface area contributed by atoms with Crippen molar-refractivity contribution in [3.63, 3.8) is 0 Å². The Hall–Kier alpha value is -1.01. The molecule has 1 aromatic heterocycles. The number of nitrogens with zero attached hydrogens (tertiary/aromatic N) is 4. The van der Waals surface area contributed by atoms with Crippen LogP contribution in [-0.4, -0.2) is 39.0 Å². The Balaban J connectivity index is 1.65. The van der Waals surface area contributed by atoms with Gasteiger partial charge in [-0.1, -0.05) is 0 Å². The smallest absolute Gasteiger partial charge is 0.165 e. The van der Waals surface area contributed by atoms with Crippen molar-refractivity contribution in [1.29, 1.82) is 0 Å². The van der Waals surface area contributed by atoms with Crippen molar-refractivity contribution in [2.75, 3.05) is 6.61 Å². The molecule has 0 spiro atoms. The molecule has 3 rings (SSSR count). The average Bonchev–Trinajstić information content (AvgIpc) is 2.86. The van der Waals surface area contributed by atoms with E-state index in [2.05, 4.69) is 27.8 Å². The minimum absolute atomic E-state index is 0.225. The standard InChI is InChI=1S/C11H19N5O/c1-8(10-3-2-6-17-10)16-11(13-14-15-16)7-12-9-4-5-9/h8-10,12H,2-7H2,1H3. The summed E-state index contributed by atoms with van der Waals surface area (Å²) in [6, 6.07) is 0.904. The van der Waals surface area contributed by atoms with Crippen LogP contribution in [0.15, 0.2) is 0 Å². The van der Waals surface area contributed by atoms with E-state index in [1.165, 1.54) is 12.8 Å². The van der Waals surface area contributed by atoms with Gasteiger partial charge in [-0.2, -0.15) is 0 Å². The van der Waals surface area contributed by atoms with Gasteiger partial charge in [0.05, 0.1) is 18.7 Å². The van der Waals surface area contributed by atoms with Gasteiger partial charge in [0.25, 0.3) is 0 Å². The third-order valence-corrected chi connectivity index (χ3v) is 3.58. The van der Waals surface area contributed by atoms with E-state index in [1.807, 2.05) is 4.68 Å². The third kappa shape index (κ3) is 2.47.